The first kappa shape index (κ1) is 23.5. The average molecular weight is 457 g/mol. The molecule has 0 radical (unpaired) electrons. The molecule has 1 unspecified atom stereocenters. The highest BCUT2D eigenvalue weighted by molar-refractivity contribution is 7.91. The van der Waals surface area contributed by atoms with Crippen LogP contribution in [0, 0.1) is 18.2 Å². The van der Waals surface area contributed by atoms with E-state index in [1.807, 2.05) is 6.92 Å². The maximum Gasteiger partial charge on any atom is 0.345 e. The number of aryl methyl sites for hydroxylation is 1. The number of rotatable bonds is 6. The summed E-state index contributed by atoms with van der Waals surface area (Å²) >= 11 is 0. The Labute approximate surface area is 187 Å². The van der Waals surface area contributed by atoms with E-state index in [-0.39, 0.29) is 10.6 Å². The van der Waals surface area contributed by atoms with Crippen LogP contribution in [0.1, 0.15) is 26.3 Å². The van der Waals surface area contributed by atoms with Gasteiger partial charge in [-0.25, -0.2) is 17.6 Å². The third-order valence-corrected chi connectivity index (χ3v) is 6.78. The van der Waals surface area contributed by atoms with Gasteiger partial charge in [0.1, 0.15) is 16.5 Å². The molecule has 0 heterocycles. The van der Waals surface area contributed by atoms with E-state index >= 15 is 4.39 Å². The number of sulfone groups is 1. The lowest BCUT2D eigenvalue weighted by molar-refractivity contribution is -0.150. The first-order chi connectivity index (χ1) is 14.9. The molecule has 0 saturated heterocycles. The topological polar surface area (TPSA) is 80.7 Å². The number of ether oxygens (including phenoxy) is 1. The van der Waals surface area contributed by atoms with Crippen LogP contribution in [0.15, 0.2) is 76.5 Å². The molecule has 0 spiro atoms. The molecule has 0 aliphatic rings. The van der Waals surface area contributed by atoms with Crippen LogP contribution < -0.4 is 4.74 Å². The van der Waals surface area contributed by atoms with E-state index in [1.165, 1.54) is 24.3 Å². The second kappa shape index (κ2) is 8.74. The number of hydrogen-bond acceptors (Lipinski definition) is 4. The molecule has 3 rings (SSSR count). The lowest BCUT2D eigenvalue weighted by Crippen LogP contribution is -2.39. The molecule has 7 heteroatoms. The van der Waals surface area contributed by atoms with Crippen LogP contribution in [0.3, 0.4) is 0 Å². The summed E-state index contributed by atoms with van der Waals surface area (Å²) in [5.74, 6) is -1.74. The first-order valence-corrected chi connectivity index (χ1v) is 11.5. The summed E-state index contributed by atoms with van der Waals surface area (Å²) in [7, 11) is -4.02. The van der Waals surface area contributed by atoms with Crippen LogP contribution >= 0.6 is 0 Å². The van der Waals surface area contributed by atoms with E-state index in [2.05, 4.69) is 0 Å². The third-order valence-electron chi connectivity index (χ3n) is 4.98. The Morgan fingerprint density at radius 2 is 1.66 bits per heavy atom. The highest BCUT2D eigenvalue weighted by Gasteiger charge is 2.34. The van der Waals surface area contributed by atoms with E-state index < -0.39 is 38.0 Å². The molecular formula is C25H25FO5S. The quantitative estimate of drug-likeness (QED) is 0.529. The molecule has 0 amide bonds. The van der Waals surface area contributed by atoms with Crippen molar-refractivity contribution < 1.29 is 27.4 Å². The van der Waals surface area contributed by atoms with Crippen molar-refractivity contribution in [1.29, 1.82) is 0 Å². The summed E-state index contributed by atoms with van der Waals surface area (Å²) < 4.78 is 46.5. The van der Waals surface area contributed by atoms with E-state index in [1.54, 1.807) is 57.2 Å². The Morgan fingerprint density at radius 3 is 2.22 bits per heavy atom. The zero-order valence-corrected chi connectivity index (χ0v) is 19.1. The highest BCUT2D eigenvalue weighted by atomic mass is 32.2. The standard InChI is InChI=1S/C25H25FO5S/c1-16-10-12-21(31-23(24(27)28)25(2,3)4)19(14-16)17-11-13-22(20(26)15-17)32(29,30)18-8-6-5-7-9-18/h5-15,23H,1-4H3,(H,27,28). The van der Waals surface area contributed by atoms with Gasteiger partial charge in [0.25, 0.3) is 0 Å². The largest absolute Gasteiger partial charge is 0.478 e. The van der Waals surface area contributed by atoms with Gasteiger partial charge >= 0.3 is 5.97 Å². The molecule has 0 bridgehead atoms. The molecule has 0 aliphatic heterocycles. The molecule has 0 fully saturated rings. The van der Waals surface area contributed by atoms with Crippen molar-refractivity contribution in [2.75, 3.05) is 0 Å². The molecule has 1 atom stereocenters. The second-order valence-corrected chi connectivity index (χ2v) is 10.6. The molecule has 3 aromatic carbocycles. The Hall–Kier alpha value is -3.19. The maximum atomic E-state index is 15.0. The molecule has 32 heavy (non-hydrogen) atoms. The number of carboxylic acid groups (broad SMARTS) is 1. The minimum Gasteiger partial charge on any atom is -0.478 e. The molecule has 0 saturated carbocycles. The fourth-order valence-corrected chi connectivity index (χ4v) is 4.64. The molecule has 3 aromatic rings. The minimum absolute atomic E-state index is 0.000653. The number of aliphatic carboxylic acids is 1. The summed E-state index contributed by atoms with van der Waals surface area (Å²) in [5, 5.41) is 9.61. The molecule has 0 aromatic heterocycles. The van der Waals surface area contributed by atoms with Gasteiger partial charge in [-0.3, -0.25) is 0 Å². The average Bonchev–Trinajstić information content (AvgIpc) is 2.72. The summed E-state index contributed by atoms with van der Waals surface area (Å²) in [6.45, 7) is 7.10. The summed E-state index contributed by atoms with van der Waals surface area (Å²) in [6, 6.07) is 16.6. The normalized spacial score (nSPS) is 12.9. The van der Waals surface area contributed by atoms with Crippen LogP contribution in [0.25, 0.3) is 11.1 Å². The van der Waals surface area contributed by atoms with Crippen molar-refractivity contribution >= 4 is 15.8 Å². The van der Waals surface area contributed by atoms with Crippen molar-refractivity contribution in [3.63, 3.8) is 0 Å². The molecule has 1 N–H and O–H groups in total. The van der Waals surface area contributed by atoms with Crippen molar-refractivity contribution in [2.45, 2.75) is 43.6 Å². The SMILES string of the molecule is Cc1ccc(OC(C(=O)O)C(C)(C)C)c(-c2ccc(S(=O)(=O)c3ccccc3)c(F)c2)c1. The van der Waals surface area contributed by atoms with E-state index in [4.69, 9.17) is 4.74 Å². The summed E-state index contributed by atoms with van der Waals surface area (Å²) in [4.78, 5) is 11.3. The minimum atomic E-state index is -4.02. The van der Waals surface area contributed by atoms with Crippen LogP contribution in [-0.4, -0.2) is 25.6 Å². The van der Waals surface area contributed by atoms with Gasteiger partial charge < -0.3 is 9.84 Å². The van der Waals surface area contributed by atoms with E-state index in [0.29, 0.717) is 11.1 Å². The molecular weight excluding hydrogens is 431 g/mol. The zero-order chi connectivity index (χ0) is 23.7. The van der Waals surface area contributed by atoms with Gasteiger partial charge in [0.05, 0.1) is 4.90 Å². The van der Waals surface area contributed by atoms with Gasteiger partial charge in [0.2, 0.25) is 9.84 Å². The zero-order valence-electron chi connectivity index (χ0n) is 18.3. The van der Waals surface area contributed by atoms with Crippen LogP contribution in [0.5, 0.6) is 5.75 Å². The van der Waals surface area contributed by atoms with E-state index in [9.17, 15) is 18.3 Å². The second-order valence-electron chi connectivity index (χ2n) is 8.66. The monoisotopic (exact) mass is 456 g/mol. The van der Waals surface area contributed by atoms with Gasteiger partial charge in [-0.05, 0) is 48.9 Å². The van der Waals surface area contributed by atoms with Crippen LogP contribution in [0.2, 0.25) is 0 Å². The van der Waals surface area contributed by atoms with Crippen molar-refractivity contribution in [1.82, 2.24) is 0 Å². The number of benzene rings is 3. The highest BCUT2D eigenvalue weighted by Crippen LogP contribution is 2.36. The lowest BCUT2D eigenvalue weighted by Gasteiger charge is -2.28. The Balaban J connectivity index is 2.07. The molecule has 5 nitrogen and oxygen atoms in total. The number of carbonyl (C=O) groups is 1. The van der Waals surface area contributed by atoms with Crippen molar-refractivity contribution in [3.8, 4) is 16.9 Å². The van der Waals surface area contributed by atoms with Gasteiger partial charge in [0, 0.05) is 11.0 Å². The molecule has 168 valence electrons. The smallest absolute Gasteiger partial charge is 0.345 e. The number of hydrogen-bond donors (Lipinski definition) is 1. The van der Waals surface area contributed by atoms with Gasteiger partial charge in [-0.2, -0.15) is 0 Å². The predicted molar refractivity (Wildman–Crippen MR) is 120 cm³/mol. The van der Waals surface area contributed by atoms with Gasteiger partial charge in [-0.15, -0.1) is 0 Å². The first-order valence-electron chi connectivity index (χ1n) is 10.0. The third kappa shape index (κ3) is 4.83. The van der Waals surface area contributed by atoms with Gasteiger partial charge in [-0.1, -0.05) is 56.7 Å². The van der Waals surface area contributed by atoms with Crippen molar-refractivity contribution in [3.05, 3.63) is 78.1 Å². The summed E-state index contributed by atoms with van der Waals surface area (Å²) in [5.41, 5.74) is 1.03. The Bertz CT molecular complexity index is 1250. The Morgan fingerprint density at radius 1 is 1.00 bits per heavy atom. The Kier molecular flexibility index (Phi) is 6.41. The van der Waals surface area contributed by atoms with Crippen LogP contribution in [-0.2, 0) is 14.6 Å². The van der Waals surface area contributed by atoms with Crippen LogP contribution in [0.4, 0.5) is 4.39 Å². The number of carboxylic acids is 1. The predicted octanol–water partition coefficient (Wildman–Crippen LogP) is 5.51. The van der Waals surface area contributed by atoms with Crippen molar-refractivity contribution in [2.24, 2.45) is 5.41 Å². The fraction of sp³-hybridized carbons (Fsp3) is 0.240. The maximum absolute atomic E-state index is 15.0. The molecule has 0 aliphatic carbocycles. The fourth-order valence-electron chi connectivity index (χ4n) is 3.31. The van der Waals surface area contributed by atoms with E-state index in [0.717, 1.165) is 11.6 Å². The lowest BCUT2D eigenvalue weighted by atomic mass is 9.89. The summed E-state index contributed by atoms with van der Waals surface area (Å²) in [6.07, 6.45) is -1.13. The van der Waals surface area contributed by atoms with Gasteiger partial charge in [0.15, 0.2) is 6.10 Å². The number of halogens is 1.